The maximum Gasteiger partial charge on any atom is 0.252 e. The minimum atomic E-state index is -1.24. The number of aliphatic hydroxyl groups is 1. The number of halogens is 1. The molecule has 0 saturated heterocycles. The van der Waals surface area contributed by atoms with Crippen LogP contribution in [0.2, 0.25) is 0 Å². The Morgan fingerprint density at radius 3 is 2.52 bits per heavy atom. The zero-order valence-corrected chi connectivity index (χ0v) is 24.7. The lowest BCUT2D eigenvalue weighted by Gasteiger charge is -2.31. The Hall–Kier alpha value is -3.36. The monoisotopic (exact) mass is 608 g/mol. The number of ether oxygens (including phenoxy) is 3. The SMILES string of the molecule is CCCCCNC(=O)[C@]1(Cc2ccc(Br)cc2)N=C(c2ccc(OCCCO)cc2)O[C@@H]1c1cccc(OC)c1. The van der Waals surface area contributed by atoms with Gasteiger partial charge in [-0.2, -0.15) is 0 Å². The molecule has 0 aromatic heterocycles. The van der Waals surface area contributed by atoms with Crippen LogP contribution in [0.5, 0.6) is 11.5 Å². The Morgan fingerprint density at radius 1 is 1.05 bits per heavy atom. The number of benzene rings is 3. The number of aliphatic imine (C=N–C) groups is 1. The Bertz CT molecular complexity index is 1280. The highest BCUT2D eigenvalue weighted by molar-refractivity contribution is 9.10. The zero-order valence-electron chi connectivity index (χ0n) is 23.1. The first-order chi connectivity index (χ1) is 19.5. The van der Waals surface area contributed by atoms with Gasteiger partial charge in [0, 0.05) is 36.0 Å². The normalized spacial score (nSPS) is 18.1. The van der Waals surface area contributed by atoms with Crippen LogP contribution in [0.4, 0.5) is 0 Å². The van der Waals surface area contributed by atoms with Gasteiger partial charge in [0.2, 0.25) is 5.90 Å². The topological polar surface area (TPSA) is 89.4 Å². The summed E-state index contributed by atoms with van der Waals surface area (Å²) in [6, 6.07) is 23.0. The summed E-state index contributed by atoms with van der Waals surface area (Å²) in [7, 11) is 1.62. The lowest BCUT2D eigenvalue weighted by Crippen LogP contribution is -2.50. The van der Waals surface area contributed by atoms with E-state index in [0.717, 1.165) is 40.4 Å². The molecular weight excluding hydrogens is 572 g/mol. The number of aliphatic hydroxyl groups excluding tert-OH is 1. The number of rotatable bonds is 14. The molecular formula is C32H37BrN2O5. The second kappa shape index (κ2) is 14.3. The fourth-order valence-corrected chi connectivity index (χ4v) is 4.99. The third-order valence-electron chi connectivity index (χ3n) is 6.88. The molecule has 8 heteroatoms. The molecule has 7 nitrogen and oxygen atoms in total. The molecule has 1 aliphatic rings. The molecule has 0 spiro atoms. The number of carbonyl (C=O) groups is 1. The van der Waals surface area contributed by atoms with Crippen molar-refractivity contribution in [1.29, 1.82) is 0 Å². The van der Waals surface area contributed by atoms with Crippen molar-refractivity contribution in [3.8, 4) is 11.5 Å². The first kappa shape index (κ1) is 29.6. The van der Waals surface area contributed by atoms with Crippen LogP contribution in [0.15, 0.2) is 82.3 Å². The van der Waals surface area contributed by atoms with Crippen molar-refractivity contribution in [2.24, 2.45) is 4.99 Å². The van der Waals surface area contributed by atoms with Crippen molar-refractivity contribution < 1.29 is 24.1 Å². The van der Waals surface area contributed by atoms with E-state index in [1.54, 1.807) is 7.11 Å². The van der Waals surface area contributed by atoms with E-state index in [0.29, 0.717) is 43.4 Å². The Kier molecular flexibility index (Phi) is 10.6. The summed E-state index contributed by atoms with van der Waals surface area (Å²) in [6.45, 7) is 3.22. The molecule has 0 saturated carbocycles. The van der Waals surface area contributed by atoms with Crippen molar-refractivity contribution in [1.82, 2.24) is 5.32 Å². The molecule has 0 unspecified atom stereocenters. The first-order valence-electron chi connectivity index (χ1n) is 13.8. The van der Waals surface area contributed by atoms with E-state index in [2.05, 4.69) is 28.2 Å². The van der Waals surface area contributed by atoms with Crippen molar-refractivity contribution >= 4 is 27.7 Å². The van der Waals surface area contributed by atoms with Crippen LogP contribution >= 0.6 is 15.9 Å². The van der Waals surface area contributed by atoms with Crippen molar-refractivity contribution in [3.05, 3.63) is 94.0 Å². The van der Waals surface area contributed by atoms with E-state index in [9.17, 15) is 4.79 Å². The van der Waals surface area contributed by atoms with E-state index < -0.39 is 11.6 Å². The molecule has 0 fully saturated rings. The average Bonchev–Trinajstić information content (AvgIpc) is 3.37. The number of nitrogens with one attached hydrogen (secondary N) is 1. The highest BCUT2D eigenvalue weighted by Gasteiger charge is 2.53. The molecule has 2 atom stereocenters. The number of hydrogen-bond donors (Lipinski definition) is 2. The highest BCUT2D eigenvalue weighted by Crippen LogP contribution is 2.43. The Balaban J connectivity index is 1.75. The van der Waals surface area contributed by atoms with E-state index in [-0.39, 0.29) is 12.5 Å². The van der Waals surface area contributed by atoms with Crippen LogP contribution in [0.3, 0.4) is 0 Å². The predicted octanol–water partition coefficient (Wildman–Crippen LogP) is 6.02. The van der Waals surface area contributed by atoms with E-state index >= 15 is 0 Å². The van der Waals surface area contributed by atoms with Crippen molar-refractivity contribution in [2.45, 2.75) is 50.7 Å². The molecule has 0 aliphatic carbocycles. The fraction of sp³-hybridized carbons (Fsp3) is 0.375. The zero-order chi connectivity index (χ0) is 28.4. The average molecular weight is 610 g/mol. The van der Waals surface area contributed by atoms with Gasteiger partial charge in [0.1, 0.15) is 11.5 Å². The largest absolute Gasteiger partial charge is 0.497 e. The summed E-state index contributed by atoms with van der Waals surface area (Å²) in [6.07, 6.45) is 3.25. The van der Waals surface area contributed by atoms with Gasteiger partial charge in [-0.1, -0.05) is 60.0 Å². The third kappa shape index (κ3) is 7.23. The summed E-state index contributed by atoms with van der Waals surface area (Å²) in [5.74, 6) is 1.60. The van der Waals surface area contributed by atoms with Crippen LogP contribution in [0.25, 0.3) is 0 Å². The van der Waals surface area contributed by atoms with Gasteiger partial charge in [-0.3, -0.25) is 4.79 Å². The smallest absolute Gasteiger partial charge is 0.252 e. The molecule has 3 aromatic rings. The van der Waals surface area contributed by atoms with Crippen LogP contribution < -0.4 is 14.8 Å². The molecule has 1 amide bonds. The maximum absolute atomic E-state index is 14.1. The number of unbranched alkanes of at least 4 members (excludes halogenated alkanes) is 2. The van der Waals surface area contributed by atoms with E-state index in [4.69, 9.17) is 24.3 Å². The van der Waals surface area contributed by atoms with Gasteiger partial charge in [0.15, 0.2) is 11.6 Å². The highest BCUT2D eigenvalue weighted by atomic mass is 79.9. The van der Waals surface area contributed by atoms with Crippen molar-refractivity contribution in [3.63, 3.8) is 0 Å². The van der Waals surface area contributed by atoms with Gasteiger partial charge < -0.3 is 24.6 Å². The minimum Gasteiger partial charge on any atom is -0.497 e. The van der Waals surface area contributed by atoms with Crippen molar-refractivity contribution in [2.75, 3.05) is 26.9 Å². The fourth-order valence-electron chi connectivity index (χ4n) is 4.73. The van der Waals surface area contributed by atoms with Crippen LogP contribution in [-0.4, -0.2) is 49.3 Å². The van der Waals surface area contributed by atoms with Gasteiger partial charge in [-0.05, 0) is 66.1 Å². The molecule has 4 rings (SSSR count). The van der Waals surface area contributed by atoms with Gasteiger partial charge in [0.05, 0.1) is 13.7 Å². The molecule has 3 aromatic carbocycles. The lowest BCUT2D eigenvalue weighted by atomic mass is 9.82. The number of hydrogen-bond acceptors (Lipinski definition) is 6. The molecule has 0 bridgehead atoms. The Labute approximate surface area is 244 Å². The summed E-state index contributed by atoms with van der Waals surface area (Å²) in [5, 5.41) is 12.2. The lowest BCUT2D eigenvalue weighted by molar-refractivity contribution is -0.128. The number of methoxy groups -OCH3 is 1. The standard InChI is InChI=1S/C32H37BrN2O5/c1-3-4-5-18-34-31(37)32(22-23-10-14-26(33)15-11-23)29(25-8-6-9-28(21-25)38-2)40-30(35-32)24-12-16-27(17-13-24)39-20-7-19-36/h6,8-17,21,29,36H,3-5,7,18-20,22H2,1-2H3,(H,34,37)/t29-,32-/m1/s1. The first-order valence-corrected chi connectivity index (χ1v) is 14.6. The number of nitrogens with zero attached hydrogens (tertiary/aromatic N) is 1. The molecule has 0 radical (unpaired) electrons. The molecule has 40 heavy (non-hydrogen) atoms. The second-order valence-electron chi connectivity index (χ2n) is 9.83. The van der Waals surface area contributed by atoms with Gasteiger partial charge in [-0.25, -0.2) is 4.99 Å². The van der Waals surface area contributed by atoms with Gasteiger partial charge in [-0.15, -0.1) is 0 Å². The maximum atomic E-state index is 14.1. The number of carbonyl (C=O) groups excluding carboxylic acids is 1. The quantitative estimate of drug-likeness (QED) is 0.218. The summed E-state index contributed by atoms with van der Waals surface area (Å²) in [4.78, 5) is 19.2. The molecule has 1 aliphatic heterocycles. The predicted molar refractivity (Wildman–Crippen MR) is 160 cm³/mol. The molecule has 212 valence electrons. The van der Waals surface area contributed by atoms with Crippen LogP contribution in [-0.2, 0) is 16.0 Å². The minimum absolute atomic E-state index is 0.0787. The molecule has 2 N–H and O–H groups in total. The summed E-state index contributed by atoms with van der Waals surface area (Å²) in [5.41, 5.74) is 1.29. The Morgan fingerprint density at radius 2 is 1.82 bits per heavy atom. The van der Waals surface area contributed by atoms with Crippen LogP contribution in [0.1, 0.15) is 55.4 Å². The van der Waals surface area contributed by atoms with Crippen LogP contribution in [0, 0.1) is 0 Å². The second-order valence-corrected chi connectivity index (χ2v) is 10.7. The summed E-state index contributed by atoms with van der Waals surface area (Å²) < 4.78 is 18.7. The summed E-state index contributed by atoms with van der Waals surface area (Å²) >= 11 is 3.51. The number of amides is 1. The third-order valence-corrected chi connectivity index (χ3v) is 7.41. The van der Waals surface area contributed by atoms with Gasteiger partial charge >= 0.3 is 0 Å². The van der Waals surface area contributed by atoms with E-state index in [1.165, 1.54) is 0 Å². The van der Waals surface area contributed by atoms with Gasteiger partial charge in [0.25, 0.3) is 5.91 Å². The molecule has 1 heterocycles. The van der Waals surface area contributed by atoms with E-state index in [1.807, 2.05) is 72.8 Å².